The molecule has 0 unspecified atom stereocenters. The number of ether oxygens (including phenoxy) is 1. The molecule has 4 aliphatic carbocycles. The van der Waals surface area contributed by atoms with Crippen molar-refractivity contribution in [2.24, 2.45) is 5.41 Å². The molecule has 5 fully saturated rings. The lowest BCUT2D eigenvalue weighted by Crippen LogP contribution is -2.70. The minimum atomic E-state index is -4.21. The van der Waals surface area contributed by atoms with Crippen LogP contribution in [0.1, 0.15) is 91.2 Å². The Balaban J connectivity index is 1.27. The molecule has 1 aliphatic heterocycles. The molecule has 2 atom stereocenters. The van der Waals surface area contributed by atoms with E-state index < -0.39 is 17.0 Å². The van der Waals surface area contributed by atoms with Gasteiger partial charge in [0.25, 0.3) is 5.56 Å². The third-order valence-corrected chi connectivity index (χ3v) is 9.05. The second kappa shape index (κ2) is 7.18. The smallest absolute Gasteiger partial charge is 0.373 e. The highest BCUT2D eigenvalue weighted by Gasteiger charge is 2.79. The first-order valence-corrected chi connectivity index (χ1v) is 12.7. The average Bonchev–Trinajstić information content (AvgIpc) is 3.51. The van der Waals surface area contributed by atoms with Crippen molar-refractivity contribution in [2.45, 2.75) is 88.4 Å². The highest BCUT2D eigenvalue weighted by Crippen LogP contribution is 2.78. The van der Waals surface area contributed by atoms with Crippen LogP contribution in [0.5, 0.6) is 0 Å². The van der Waals surface area contributed by atoms with Gasteiger partial charge < -0.3 is 4.74 Å². The van der Waals surface area contributed by atoms with Crippen molar-refractivity contribution in [2.75, 3.05) is 6.61 Å². The molecular formula is C26H28F3N5O2. The summed E-state index contributed by atoms with van der Waals surface area (Å²) >= 11 is 0. The molecule has 0 spiro atoms. The second-order valence-electron chi connectivity index (χ2n) is 11.5. The van der Waals surface area contributed by atoms with E-state index in [-0.39, 0.29) is 36.8 Å². The van der Waals surface area contributed by atoms with Crippen LogP contribution < -0.4 is 5.56 Å². The van der Waals surface area contributed by atoms with Crippen LogP contribution in [0.15, 0.2) is 23.4 Å². The van der Waals surface area contributed by atoms with Crippen molar-refractivity contribution < 1.29 is 17.9 Å². The largest absolute Gasteiger partial charge is 0.394 e. The third-order valence-electron chi connectivity index (χ3n) is 9.05. The Morgan fingerprint density at radius 1 is 1.08 bits per heavy atom. The fourth-order valence-electron chi connectivity index (χ4n) is 6.60. The molecule has 10 heteroatoms. The molecule has 36 heavy (non-hydrogen) atoms. The monoisotopic (exact) mass is 499 g/mol. The molecule has 1 saturated heterocycles. The fraction of sp³-hybridized carbons (Fsp3) is 0.615. The number of hydrogen-bond donors (Lipinski definition) is 0. The molecule has 3 aromatic heterocycles. The van der Waals surface area contributed by atoms with Crippen LogP contribution >= 0.6 is 0 Å². The number of halogens is 3. The SMILES string of the molecule is Cc1nc2c(C34CC(C(F)(F)F)(C3)C4)nc([C@@H]3CCO[C@@H](c4cnn(C5CC5)c4)C3)cn2c(=O)c1C. The Hall–Kier alpha value is -2.75. The molecule has 0 N–H and O–H groups in total. The summed E-state index contributed by atoms with van der Waals surface area (Å²) in [6.07, 6.45) is 5.13. The fourth-order valence-corrected chi connectivity index (χ4v) is 6.60. The van der Waals surface area contributed by atoms with Gasteiger partial charge >= 0.3 is 6.18 Å². The normalized spacial score (nSPS) is 31.8. The van der Waals surface area contributed by atoms with Crippen LogP contribution in [0.3, 0.4) is 0 Å². The number of rotatable bonds is 4. The molecule has 0 radical (unpaired) electrons. The lowest BCUT2D eigenvalue weighted by molar-refractivity contribution is -0.337. The second-order valence-corrected chi connectivity index (χ2v) is 11.5. The molecule has 3 aromatic rings. The Morgan fingerprint density at radius 3 is 2.53 bits per heavy atom. The summed E-state index contributed by atoms with van der Waals surface area (Å²) in [5, 5.41) is 4.49. The maximum Gasteiger partial charge on any atom is 0.394 e. The first-order valence-electron chi connectivity index (χ1n) is 12.7. The van der Waals surface area contributed by atoms with Gasteiger partial charge in [0.2, 0.25) is 0 Å². The predicted molar refractivity (Wildman–Crippen MR) is 124 cm³/mol. The topological polar surface area (TPSA) is 74.3 Å². The maximum absolute atomic E-state index is 13.6. The van der Waals surface area contributed by atoms with Crippen LogP contribution in [0, 0.1) is 19.3 Å². The molecular weight excluding hydrogens is 471 g/mol. The lowest BCUT2D eigenvalue weighted by Gasteiger charge is -2.70. The lowest BCUT2D eigenvalue weighted by atomic mass is 9.34. The van der Waals surface area contributed by atoms with Gasteiger partial charge in [-0.05, 0) is 58.8 Å². The summed E-state index contributed by atoms with van der Waals surface area (Å²) in [4.78, 5) is 22.9. The standard InChI is InChI=1S/C26H28F3N5O2/c1-14-15(2)31-22-21(24-11-25(12-24,13-24)26(27,28)29)32-19(10-33(22)23(14)35)16-5-6-36-20(7-16)17-8-30-34(9-17)18-3-4-18/h8-10,16,18,20H,3-7,11-13H2,1-2H3/t16-,20-,24?,25?/m1/s1. The van der Waals surface area contributed by atoms with Crippen molar-refractivity contribution in [3.63, 3.8) is 0 Å². The number of alkyl halides is 3. The predicted octanol–water partition coefficient (Wildman–Crippen LogP) is 4.86. The zero-order chi connectivity index (χ0) is 25.0. The Kier molecular flexibility index (Phi) is 4.47. The molecule has 2 bridgehead atoms. The highest BCUT2D eigenvalue weighted by molar-refractivity contribution is 5.54. The van der Waals surface area contributed by atoms with Crippen LogP contribution in [0.25, 0.3) is 5.65 Å². The summed E-state index contributed by atoms with van der Waals surface area (Å²) in [5.41, 5.74) is 1.40. The van der Waals surface area contributed by atoms with Crippen molar-refractivity contribution in [3.05, 3.63) is 57.2 Å². The van der Waals surface area contributed by atoms with E-state index in [4.69, 9.17) is 9.72 Å². The third kappa shape index (κ3) is 3.09. The average molecular weight is 500 g/mol. The molecule has 5 aliphatic rings. The summed E-state index contributed by atoms with van der Waals surface area (Å²) in [6, 6.07) is 0.488. The van der Waals surface area contributed by atoms with Crippen LogP contribution in [0.4, 0.5) is 13.2 Å². The van der Waals surface area contributed by atoms with E-state index in [0.717, 1.165) is 30.5 Å². The van der Waals surface area contributed by atoms with Gasteiger partial charge in [0.15, 0.2) is 5.65 Å². The van der Waals surface area contributed by atoms with E-state index in [9.17, 15) is 18.0 Å². The van der Waals surface area contributed by atoms with Crippen LogP contribution in [-0.4, -0.2) is 36.9 Å². The van der Waals surface area contributed by atoms with Crippen LogP contribution in [0.2, 0.25) is 0 Å². The van der Waals surface area contributed by atoms with Gasteiger partial charge in [-0.25, -0.2) is 4.98 Å². The van der Waals surface area contributed by atoms with E-state index in [0.29, 0.717) is 41.7 Å². The first kappa shape index (κ1) is 22.4. The minimum Gasteiger partial charge on any atom is -0.373 e. The molecule has 0 aromatic carbocycles. The number of aromatic nitrogens is 5. The zero-order valence-electron chi connectivity index (χ0n) is 20.3. The zero-order valence-corrected chi connectivity index (χ0v) is 20.3. The number of aryl methyl sites for hydroxylation is 1. The van der Waals surface area contributed by atoms with E-state index in [1.165, 1.54) is 4.40 Å². The maximum atomic E-state index is 13.6. The summed E-state index contributed by atoms with van der Waals surface area (Å²) in [6.45, 7) is 4.04. The van der Waals surface area contributed by atoms with Gasteiger partial charge in [0.05, 0.1) is 35.1 Å². The molecule has 4 heterocycles. The quantitative estimate of drug-likeness (QED) is 0.513. The van der Waals surface area contributed by atoms with E-state index >= 15 is 0 Å². The van der Waals surface area contributed by atoms with Crippen molar-refractivity contribution in [1.82, 2.24) is 24.1 Å². The molecule has 4 saturated carbocycles. The van der Waals surface area contributed by atoms with E-state index in [2.05, 4.69) is 16.3 Å². The van der Waals surface area contributed by atoms with Gasteiger partial charge in [-0.3, -0.25) is 18.9 Å². The first-order chi connectivity index (χ1) is 17.1. The number of fused-ring (bicyclic) bond motifs is 1. The van der Waals surface area contributed by atoms with Gasteiger partial charge in [0.1, 0.15) is 0 Å². The van der Waals surface area contributed by atoms with Crippen molar-refractivity contribution in [3.8, 4) is 0 Å². The van der Waals surface area contributed by atoms with Gasteiger partial charge in [-0.15, -0.1) is 0 Å². The Labute approximate surface area is 205 Å². The molecule has 0 amide bonds. The van der Waals surface area contributed by atoms with Gasteiger partial charge in [-0.1, -0.05) is 0 Å². The number of nitrogens with zero attached hydrogens (tertiary/aromatic N) is 5. The van der Waals surface area contributed by atoms with E-state index in [1.807, 2.05) is 10.9 Å². The Morgan fingerprint density at radius 2 is 1.83 bits per heavy atom. The minimum absolute atomic E-state index is 0.0219. The molecule has 190 valence electrons. The molecule has 8 rings (SSSR count). The van der Waals surface area contributed by atoms with Gasteiger partial charge in [0, 0.05) is 47.2 Å². The van der Waals surface area contributed by atoms with Gasteiger partial charge in [-0.2, -0.15) is 18.3 Å². The highest BCUT2D eigenvalue weighted by atomic mass is 19.4. The van der Waals surface area contributed by atoms with Crippen molar-refractivity contribution in [1.29, 1.82) is 0 Å². The molecule has 7 nitrogen and oxygen atoms in total. The van der Waals surface area contributed by atoms with Crippen molar-refractivity contribution >= 4 is 5.65 Å². The number of hydrogen-bond acceptors (Lipinski definition) is 5. The van der Waals surface area contributed by atoms with Crippen LogP contribution in [-0.2, 0) is 10.2 Å². The van der Waals surface area contributed by atoms with E-state index in [1.54, 1.807) is 20.0 Å². The summed E-state index contributed by atoms with van der Waals surface area (Å²) < 4.78 is 50.5. The Bertz CT molecular complexity index is 1430. The summed E-state index contributed by atoms with van der Waals surface area (Å²) in [7, 11) is 0. The summed E-state index contributed by atoms with van der Waals surface area (Å²) in [5.74, 6) is 0.0219.